The quantitative estimate of drug-likeness (QED) is 0.308. The van der Waals surface area contributed by atoms with Crippen LogP contribution in [0.15, 0.2) is 0 Å². The molecule has 2 aliphatic rings. The number of nitrogens with zero attached hydrogens (tertiary/aromatic N) is 2. The Morgan fingerprint density at radius 3 is 2.67 bits per heavy atom. The fraction of sp³-hybridized carbons (Fsp3) is 0.684. The van der Waals surface area contributed by atoms with Gasteiger partial charge in [-0.15, -0.1) is 6.42 Å². The smallest absolute Gasteiger partial charge is 0.224 e. The molecule has 27 heavy (non-hydrogen) atoms. The van der Waals surface area contributed by atoms with Crippen molar-refractivity contribution in [3.05, 3.63) is 16.4 Å². The molecule has 2 aliphatic carbocycles. The molecule has 0 saturated heterocycles. The third-order valence-electron chi connectivity index (χ3n) is 5.96. The van der Waals surface area contributed by atoms with Gasteiger partial charge in [-0.2, -0.15) is 4.98 Å². The molecule has 7 nitrogen and oxygen atoms in total. The zero-order chi connectivity index (χ0) is 19.7. The summed E-state index contributed by atoms with van der Waals surface area (Å²) in [5, 5.41) is 33.3. The van der Waals surface area contributed by atoms with Crippen LogP contribution < -0.4 is 5.32 Å². The van der Waals surface area contributed by atoms with Crippen molar-refractivity contribution in [3.8, 4) is 12.3 Å². The highest BCUT2D eigenvalue weighted by atomic mass is 35.5. The Bertz CT molecular complexity index is 726. The number of methoxy groups -OCH3 is 1. The van der Waals surface area contributed by atoms with Gasteiger partial charge in [0, 0.05) is 32.1 Å². The van der Waals surface area contributed by atoms with E-state index < -0.39 is 12.2 Å². The minimum Gasteiger partial charge on any atom is -0.396 e. The maximum Gasteiger partial charge on any atom is 0.224 e. The number of hydrogen-bond acceptors (Lipinski definition) is 7. The lowest BCUT2D eigenvalue weighted by molar-refractivity contribution is -0.00953. The molecule has 7 atom stereocenters. The Morgan fingerprint density at radius 2 is 2.07 bits per heavy atom. The number of aromatic nitrogens is 2. The third kappa shape index (κ3) is 3.78. The van der Waals surface area contributed by atoms with Gasteiger partial charge in [0.15, 0.2) is 5.15 Å². The number of aliphatic hydroxyl groups is 3. The lowest BCUT2D eigenvalue weighted by Crippen LogP contribution is -2.30. The summed E-state index contributed by atoms with van der Waals surface area (Å²) >= 11 is 6.28. The number of hydrogen-bond donors (Lipinski definition) is 4. The zero-order valence-corrected chi connectivity index (χ0v) is 16.2. The van der Waals surface area contributed by atoms with Crippen LogP contribution in [0.4, 0.5) is 5.95 Å². The van der Waals surface area contributed by atoms with Gasteiger partial charge >= 0.3 is 0 Å². The van der Waals surface area contributed by atoms with Gasteiger partial charge in [0.25, 0.3) is 0 Å². The van der Waals surface area contributed by atoms with Crippen LogP contribution >= 0.6 is 11.6 Å². The monoisotopic (exact) mass is 395 g/mol. The predicted molar refractivity (Wildman–Crippen MR) is 101 cm³/mol. The zero-order valence-electron chi connectivity index (χ0n) is 15.5. The van der Waals surface area contributed by atoms with E-state index >= 15 is 0 Å². The normalized spacial score (nSPS) is 35.1. The highest BCUT2D eigenvalue weighted by Gasteiger charge is 2.59. The topological polar surface area (TPSA) is 108 Å². The largest absolute Gasteiger partial charge is 0.396 e. The number of ether oxygens (including phenoxy) is 1. The number of nitrogens with one attached hydrogen (secondary N) is 1. The standard InChI is InChI=1S/C19H26ClN3O4/c1-4-11-15(22-19(23-18(11)20)21-5-6-27-3)14-9(2)13(14)12-7-10(8-24)16(25)17(12)26/h1,9-10,12-14,16-17,24-26H,5-8H2,2-3H3,(H,21,22,23). The molecule has 7 unspecified atom stereocenters. The lowest BCUT2D eigenvalue weighted by Gasteiger charge is -2.17. The molecule has 1 aromatic rings. The fourth-order valence-electron chi connectivity index (χ4n) is 4.48. The Kier molecular flexibility index (Phi) is 6.24. The molecule has 3 rings (SSSR count). The fourth-order valence-corrected chi connectivity index (χ4v) is 4.71. The summed E-state index contributed by atoms with van der Waals surface area (Å²) in [4.78, 5) is 8.80. The van der Waals surface area contributed by atoms with E-state index in [2.05, 4.69) is 28.1 Å². The van der Waals surface area contributed by atoms with E-state index in [0.717, 1.165) is 0 Å². The number of terminal acetylenes is 1. The van der Waals surface area contributed by atoms with Gasteiger partial charge in [-0.25, -0.2) is 4.98 Å². The molecule has 2 fully saturated rings. The van der Waals surface area contributed by atoms with Crippen molar-refractivity contribution in [2.45, 2.75) is 31.5 Å². The summed E-state index contributed by atoms with van der Waals surface area (Å²) in [5.41, 5.74) is 1.17. The van der Waals surface area contributed by atoms with Crippen LogP contribution in [0, 0.1) is 36.0 Å². The van der Waals surface area contributed by atoms with E-state index in [0.29, 0.717) is 36.8 Å². The molecule has 0 amide bonds. The van der Waals surface area contributed by atoms with E-state index in [1.165, 1.54) is 0 Å². The molecule has 8 heteroatoms. The first-order valence-corrected chi connectivity index (χ1v) is 9.56. The second kappa shape index (κ2) is 8.29. The molecule has 1 heterocycles. The van der Waals surface area contributed by atoms with Gasteiger partial charge in [-0.05, 0) is 24.2 Å². The van der Waals surface area contributed by atoms with Gasteiger partial charge < -0.3 is 25.4 Å². The van der Waals surface area contributed by atoms with Crippen molar-refractivity contribution in [3.63, 3.8) is 0 Å². The number of aliphatic hydroxyl groups excluding tert-OH is 3. The highest BCUT2D eigenvalue weighted by molar-refractivity contribution is 6.30. The Balaban J connectivity index is 1.84. The molecular weight excluding hydrogens is 370 g/mol. The van der Waals surface area contributed by atoms with Gasteiger partial charge in [0.2, 0.25) is 5.95 Å². The van der Waals surface area contributed by atoms with Crippen LogP contribution in [0.3, 0.4) is 0 Å². The number of anilines is 1. The second-order valence-electron chi connectivity index (χ2n) is 7.45. The first-order valence-electron chi connectivity index (χ1n) is 9.18. The molecule has 4 N–H and O–H groups in total. The van der Waals surface area contributed by atoms with E-state index in [1.807, 2.05) is 0 Å². The van der Waals surface area contributed by atoms with Crippen LogP contribution in [0.1, 0.15) is 30.5 Å². The van der Waals surface area contributed by atoms with E-state index in [-0.39, 0.29) is 41.3 Å². The van der Waals surface area contributed by atoms with Crippen LogP contribution in [0.2, 0.25) is 5.15 Å². The Morgan fingerprint density at radius 1 is 1.33 bits per heavy atom. The van der Waals surface area contributed by atoms with Crippen molar-refractivity contribution in [2.75, 3.05) is 32.2 Å². The minimum atomic E-state index is -0.902. The van der Waals surface area contributed by atoms with Crippen LogP contribution in [0.25, 0.3) is 0 Å². The predicted octanol–water partition coefficient (Wildman–Crippen LogP) is 0.869. The second-order valence-corrected chi connectivity index (χ2v) is 7.81. The molecule has 148 valence electrons. The first-order chi connectivity index (χ1) is 12.9. The van der Waals surface area contributed by atoms with Crippen LogP contribution in [-0.4, -0.2) is 64.4 Å². The SMILES string of the molecule is C#Cc1c(Cl)nc(NCCOC)nc1C1C(C)C1C1CC(CO)C(O)C1O. The van der Waals surface area contributed by atoms with E-state index in [9.17, 15) is 15.3 Å². The van der Waals surface area contributed by atoms with Crippen molar-refractivity contribution < 1.29 is 20.1 Å². The molecule has 1 aromatic heterocycles. The lowest BCUT2D eigenvalue weighted by atomic mass is 9.95. The summed E-state index contributed by atoms with van der Waals surface area (Å²) in [7, 11) is 1.61. The van der Waals surface area contributed by atoms with Crippen molar-refractivity contribution in [2.24, 2.45) is 23.7 Å². The van der Waals surface area contributed by atoms with E-state index in [1.54, 1.807) is 7.11 Å². The third-order valence-corrected chi connectivity index (χ3v) is 6.24. The molecule has 0 bridgehead atoms. The highest BCUT2D eigenvalue weighted by Crippen LogP contribution is 2.61. The molecule has 0 aliphatic heterocycles. The van der Waals surface area contributed by atoms with Crippen molar-refractivity contribution >= 4 is 17.5 Å². The van der Waals surface area contributed by atoms with Crippen LogP contribution in [-0.2, 0) is 4.74 Å². The van der Waals surface area contributed by atoms with Crippen molar-refractivity contribution in [1.29, 1.82) is 0 Å². The summed E-state index contributed by atoms with van der Waals surface area (Å²) in [6.07, 6.45) is 4.47. The summed E-state index contributed by atoms with van der Waals surface area (Å²) in [6, 6.07) is 0. The number of halogens is 1. The van der Waals surface area contributed by atoms with E-state index in [4.69, 9.17) is 22.8 Å². The average molecular weight is 396 g/mol. The van der Waals surface area contributed by atoms with Gasteiger partial charge in [-0.1, -0.05) is 24.4 Å². The van der Waals surface area contributed by atoms with Gasteiger partial charge in [-0.3, -0.25) is 0 Å². The number of rotatable bonds is 7. The maximum absolute atomic E-state index is 10.4. The molecule has 0 aromatic carbocycles. The van der Waals surface area contributed by atoms with Crippen molar-refractivity contribution in [1.82, 2.24) is 9.97 Å². The molecule has 0 spiro atoms. The summed E-state index contributed by atoms with van der Waals surface area (Å²) in [6.45, 7) is 2.99. The minimum absolute atomic E-state index is 0.0313. The Hall–Kier alpha value is -1.43. The molecule has 2 saturated carbocycles. The van der Waals surface area contributed by atoms with Gasteiger partial charge in [0.1, 0.15) is 0 Å². The average Bonchev–Trinajstić information content (AvgIpc) is 3.22. The Labute approximate surface area is 164 Å². The summed E-state index contributed by atoms with van der Waals surface area (Å²) in [5.74, 6) is 2.96. The maximum atomic E-state index is 10.4. The first kappa shape index (κ1) is 20.3. The molecule has 0 radical (unpaired) electrons. The van der Waals surface area contributed by atoms with Gasteiger partial charge in [0.05, 0.1) is 30.1 Å². The molecular formula is C19H26ClN3O4. The summed E-state index contributed by atoms with van der Waals surface area (Å²) < 4.78 is 5.02. The van der Waals surface area contributed by atoms with Crippen LogP contribution in [0.5, 0.6) is 0 Å².